The Morgan fingerprint density at radius 2 is 1.81 bits per heavy atom. The molecule has 0 amide bonds. The molecular formula is C17H27N7OS2. The van der Waals surface area contributed by atoms with Gasteiger partial charge in [0, 0.05) is 31.5 Å². The Kier molecular flexibility index (Phi) is 8.65. The summed E-state index contributed by atoms with van der Waals surface area (Å²) in [7, 11) is 1.75. The molecule has 0 radical (unpaired) electrons. The third-order valence-corrected chi connectivity index (χ3v) is 4.59. The van der Waals surface area contributed by atoms with E-state index < -0.39 is 0 Å². The van der Waals surface area contributed by atoms with E-state index >= 15 is 0 Å². The molecule has 0 spiro atoms. The number of morpholine rings is 1. The van der Waals surface area contributed by atoms with Gasteiger partial charge in [0.1, 0.15) is 0 Å². The Labute approximate surface area is 171 Å². The van der Waals surface area contributed by atoms with Crippen LogP contribution in [-0.2, 0) is 4.74 Å². The van der Waals surface area contributed by atoms with Crippen LogP contribution in [0.2, 0.25) is 0 Å². The van der Waals surface area contributed by atoms with Crippen LogP contribution >= 0.6 is 24.4 Å². The minimum atomic E-state index is -0.0283. The Morgan fingerprint density at radius 3 is 2.44 bits per heavy atom. The van der Waals surface area contributed by atoms with Crippen LogP contribution in [0.5, 0.6) is 0 Å². The number of ether oxygens (including phenoxy) is 1. The van der Waals surface area contributed by atoms with Gasteiger partial charge in [-0.2, -0.15) is 5.10 Å². The maximum atomic E-state index is 5.38. The van der Waals surface area contributed by atoms with Gasteiger partial charge in [0.15, 0.2) is 10.2 Å². The fourth-order valence-electron chi connectivity index (χ4n) is 2.31. The molecular weight excluding hydrogens is 382 g/mol. The molecule has 0 aromatic heterocycles. The molecule has 1 saturated heterocycles. The van der Waals surface area contributed by atoms with Crippen LogP contribution < -0.4 is 31.8 Å². The molecule has 0 bridgehead atoms. The SMILES string of the molecule is CNC(=S)NNC(C)/C(C)=N\NC(=S)Nc1ccc(N2CCOCC2)cc1. The lowest BCUT2D eigenvalue weighted by Gasteiger charge is -2.28. The summed E-state index contributed by atoms with van der Waals surface area (Å²) < 4.78 is 5.38. The fourth-order valence-corrected chi connectivity index (χ4v) is 2.54. The zero-order valence-electron chi connectivity index (χ0n) is 15.8. The van der Waals surface area contributed by atoms with Crippen LogP contribution in [0, 0.1) is 0 Å². The molecule has 0 saturated carbocycles. The van der Waals surface area contributed by atoms with Crippen molar-refractivity contribution in [2.24, 2.45) is 5.10 Å². The van der Waals surface area contributed by atoms with Crippen molar-refractivity contribution in [2.45, 2.75) is 19.9 Å². The predicted octanol–water partition coefficient (Wildman–Crippen LogP) is 1.17. The van der Waals surface area contributed by atoms with Crippen molar-refractivity contribution in [1.29, 1.82) is 0 Å². The largest absolute Gasteiger partial charge is 0.378 e. The van der Waals surface area contributed by atoms with E-state index in [2.05, 4.69) is 49.0 Å². The van der Waals surface area contributed by atoms with E-state index in [1.807, 2.05) is 26.0 Å². The van der Waals surface area contributed by atoms with Gasteiger partial charge in [-0.1, -0.05) is 0 Å². The number of thiocarbonyl (C=S) groups is 2. The molecule has 5 N–H and O–H groups in total. The lowest BCUT2D eigenvalue weighted by molar-refractivity contribution is 0.122. The average Bonchev–Trinajstić information content (AvgIpc) is 2.71. The van der Waals surface area contributed by atoms with Gasteiger partial charge < -0.3 is 20.3 Å². The summed E-state index contributed by atoms with van der Waals surface area (Å²) in [5.74, 6) is 0. The Morgan fingerprint density at radius 1 is 1.15 bits per heavy atom. The smallest absolute Gasteiger partial charge is 0.191 e. The second-order valence-electron chi connectivity index (χ2n) is 6.04. The van der Waals surface area contributed by atoms with Gasteiger partial charge in [0.2, 0.25) is 0 Å². The summed E-state index contributed by atoms with van der Waals surface area (Å²) >= 11 is 10.3. The molecule has 1 atom stereocenters. The van der Waals surface area contributed by atoms with E-state index in [1.165, 1.54) is 5.69 Å². The Bertz CT molecular complexity index is 660. The molecule has 2 rings (SSSR count). The van der Waals surface area contributed by atoms with E-state index in [0.717, 1.165) is 37.7 Å². The average molecular weight is 410 g/mol. The van der Waals surface area contributed by atoms with Crippen molar-refractivity contribution in [1.82, 2.24) is 21.6 Å². The molecule has 1 aromatic rings. The summed E-state index contributed by atoms with van der Waals surface area (Å²) in [6, 6.07) is 8.13. The van der Waals surface area contributed by atoms with E-state index in [1.54, 1.807) is 7.05 Å². The highest BCUT2D eigenvalue weighted by Gasteiger charge is 2.11. The molecule has 1 aliphatic heterocycles. The molecule has 27 heavy (non-hydrogen) atoms. The number of hydrazine groups is 1. The second kappa shape index (κ2) is 11.0. The van der Waals surface area contributed by atoms with E-state index in [-0.39, 0.29) is 6.04 Å². The quantitative estimate of drug-likeness (QED) is 0.270. The molecule has 148 valence electrons. The minimum Gasteiger partial charge on any atom is -0.378 e. The first kappa shape index (κ1) is 21.3. The van der Waals surface area contributed by atoms with E-state index in [4.69, 9.17) is 29.2 Å². The monoisotopic (exact) mass is 409 g/mol. The van der Waals surface area contributed by atoms with Crippen LogP contribution in [0.15, 0.2) is 29.4 Å². The van der Waals surface area contributed by atoms with Crippen molar-refractivity contribution in [3.8, 4) is 0 Å². The molecule has 1 heterocycles. The number of benzene rings is 1. The molecule has 1 aromatic carbocycles. The first-order valence-electron chi connectivity index (χ1n) is 8.76. The maximum Gasteiger partial charge on any atom is 0.191 e. The van der Waals surface area contributed by atoms with Gasteiger partial charge in [0.25, 0.3) is 0 Å². The highest BCUT2D eigenvalue weighted by molar-refractivity contribution is 7.80. The summed E-state index contributed by atoms with van der Waals surface area (Å²) in [6.07, 6.45) is 0. The number of nitrogens with one attached hydrogen (secondary N) is 5. The van der Waals surface area contributed by atoms with Crippen LogP contribution in [0.1, 0.15) is 13.8 Å². The van der Waals surface area contributed by atoms with Gasteiger partial charge in [-0.05, 0) is 62.5 Å². The molecule has 1 fully saturated rings. The summed E-state index contributed by atoms with van der Waals surface area (Å²) in [6.45, 7) is 7.24. The lowest BCUT2D eigenvalue weighted by atomic mass is 10.2. The Balaban J connectivity index is 1.79. The summed E-state index contributed by atoms with van der Waals surface area (Å²) in [5.41, 5.74) is 11.7. The highest BCUT2D eigenvalue weighted by Crippen LogP contribution is 2.18. The standard InChI is InChI=1S/C17H27N7OS2/c1-12(20-22-16(26)18-3)13(2)21-23-17(27)19-14-4-6-15(7-5-14)24-8-10-25-11-9-24/h4-7,12,20H,8-11H2,1-3H3,(H2,18,22,26)(H2,19,23,27)/b21-13-. The zero-order valence-corrected chi connectivity index (χ0v) is 17.5. The molecule has 1 aliphatic rings. The number of hydrazone groups is 1. The van der Waals surface area contributed by atoms with Crippen molar-refractivity contribution in [3.63, 3.8) is 0 Å². The molecule has 10 heteroatoms. The van der Waals surface area contributed by atoms with Crippen molar-refractivity contribution in [2.75, 3.05) is 43.6 Å². The van der Waals surface area contributed by atoms with Crippen molar-refractivity contribution in [3.05, 3.63) is 24.3 Å². The Hall–Kier alpha value is -2.01. The van der Waals surface area contributed by atoms with Gasteiger partial charge in [-0.15, -0.1) is 0 Å². The van der Waals surface area contributed by atoms with Crippen LogP contribution in [0.25, 0.3) is 0 Å². The fraction of sp³-hybridized carbons (Fsp3) is 0.471. The lowest BCUT2D eigenvalue weighted by Crippen LogP contribution is -2.49. The van der Waals surface area contributed by atoms with Crippen LogP contribution in [-0.4, -0.2) is 55.3 Å². The molecule has 0 aliphatic carbocycles. The van der Waals surface area contributed by atoms with Gasteiger partial charge in [-0.3, -0.25) is 10.9 Å². The molecule has 1 unspecified atom stereocenters. The van der Waals surface area contributed by atoms with Crippen LogP contribution in [0.3, 0.4) is 0 Å². The van der Waals surface area contributed by atoms with Gasteiger partial charge in [-0.25, -0.2) is 5.43 Å². The highest BCUT2D eigenvalue weighted by atomic mass is 32.1. The van der Waals surface area contributed by atoms with E-state index in [9.17, 15) is 0 Å². The number of rotatable bonds is 6. The van der Waals surface area contributed by atoms with Gasteiger partial charge >= 0.3 is 0 Å². The first-order valence-corrected chi connectivity index (χ1v) is 9.58. The minimum absolute atomic E-state index is 0.0283. The first-order chi connectivity index (χ1) is 13.0. The summed E-state index contributed by atoms with van der Waals surface area (Å²) in [5, 5.41) is 11.2. The van der Waals surface area contributed by atoms with E-state index in [0.29, 0.717) is 10.2 Å². The number of anilines is 2. The normalized spacial score (nSPS) is 15.7. The number of hydrogen-bond acceptors (Lipinski definition) is 6. The van der Waals surface area contributed by atoms with Crippen molar-refractivity contribution >= 4 is 51.7 Å². The zero-order chi connectivity index (χ0) is 19.6. The number of hydrogen-bond donors (Lipinski definition) is 5. The third kappa shape index (κ3) is 7.25. The topological polar surface area (TPSA) is 85.0 Å². The maximum absolute atomic E-state index is 5.38. The molecule has 8 nitrogen and oxygen atoms in total. The van der Waals surface area contributed by atoms with Gasteiger partial charge in [0.05, 0.1) is 25.0 Å². The number of nitrogens with zero attached hydrogens (tertiary/aromatic N) is 2. The predicted molar refractivity (Wildman–Crippen MR) is 119 cm³/mol. The van der Waals surface area contributed by atoms with Crippen LogP contribution in [0.4, 0.5) is 11.4 Å². The third-order valence-electron chi connectivity index (χ3n) is 4.09. The van der Waals surface area contributed by atoms with Crippen molar-refractivity contribution < 1.29 is 4.74 Å². The summed E-state index contributed by atoms with van der Waals surface area (Å²) in [4.78, 5) is 2.31. The second-order valence-corrected chi connectivity index (χ2v) is 6.85.